The fourth-order valence-electron chi connectivity index (χ4n) is 3.14. The maximum Gasteiger partial charge on any atom is 0.293 e. The van der Waals surface area contributed by atoms with Crippen molar-refractivity contribution in [2.75, 3.05) is 31.4 Å². The highest BCUT2D eigenvalue weighted by molar-refractivity contribution is 7.15. The largest absolute Gasteiger partial charge is 0.496 e. The summed E-state index contributed by atoms with van der Waals surface area (Å²) in [6.45, 7) is 0. The molecule has 158 valence electrons. The summed E-state index contributed by atoms with van der Waals surface area (Å²) in [5.41, 5.74) is 2.00. The zero-order valence-electron chi connectivity index (χ0n) is 16.9. The molecule has 4 rings (SSSR count). The quantitative estimate of drug-likeness (QED) is 0.361. The van der Waals surface area contributed by atoms with Gasteiger partial charge in [-0.1, -0.05) is 12.1 Å². The first-order chi connectivity index (χ1) is 14.9. The van der Waals surface area contributed by atoms with E-state index >= 15 is 0 Å². The number of methoxy groups -OCH3 is 1. The van der Waals surface area contributed by atoms with Crippen LogP contribution >= 0.6 is 11.3 Å². The Labute approximate surface area is 180 Å². The minimum atomic E-state index is -0.537. The number of carbonyl (C=O) groups excluding carboxylic acids is 1. The lowest BCUT2D eigenvalue weighted by atomic mass is 10.1. The van der Waals surface area contributed by atoms with Gasteiger partial charge in [0.2, 0.25) is 4.96 Å². The van der Waals surface area contributed by atoms with Crippen LogP contribution in [0.15, 0.2) is 47.8 Å². The predicted octanol–water partition coefficient (Wildman–Crippen LogP) is 3.69. The van der Waals surface area contributed by atoms with E-state index in [-0.39, 0.29) is 17.2 Å². The molecule has 0 radical (unpaired) electrons. The SMILES string of the molecule is COc1ccccc1-c1csc2nc(NC(=O)c3ccc(N(C)C)c([N+](=O)[O-])c3)nn12. The monoisotopic (exact) mass is 438 g/mol. The number of nitrogens with one attached hydrogen (secondary N) is 1. The number of amides is 1. The first-order valence-electron chi connectivity index (χ1n) is 9.14. The number of benzene rings is 2. The number of hydrogen-bond acceptors (Lipinski definition) is 8. The van der Waals surface area contributed by atoms with Crippen molar-refractivity contribution in [1.29, 1.82) is 0 Å². The molecule has 0 saturated heterocycles. The third-order valence-corrected chi connectivity index (χ3v) is 5.42. The van der Waals surface area contributed by atoms with Gasteiger partial charge in [-0.15, -0.1) is 16.4 Å². The summed E-state index contributed by atoms with van der Waals surface area (Å²) in [6.07, 6.45) is 0. The first-order valence-corrected chi connectivity index (χ1v) is 10.0. The average Bonchev–Trinajstić information content (AvgIpc) is 3.33. The smallest absolute Gasteiger partial charge is 0.293 e. The van der Waals surface area contributed by atoms with Crippen LogP contribution in [-0.4, -0.2) is 46.6 Å². The highest BCUT2D eigenvalue weighted by Crippen LogP contribution is 2.33. The zero-order valence-corrected chi connectivity index (χ0v) is 17.7. The Morgan fingerprint density at radius 2 is 2.03 bits per heavy atom. The maximum absolute atomic E-state index is 12.7. The van der Waals surface area contributed by atoms with E-state index in [9.17, 15) is 14.9 Å². The number of hydrogen-bond donors (Lipinski definition) is 1. The van der Waals surface area contributed by atoms with E-state index in [2.05, 4.69) is 15.4 Å². The second kappa shape index (κ2) is 8.03. The summed E-state index contributed by atoms with van der Waals surface area (Å²) in [6, 6.07) is 11.8. The number of nitro groups is 1. The lowest BCUT2D eigenvalue weighted by molar-refractivity contribution is -0.384. The van der Waals surface area contributed by atoms with Gasteiger partial charge in [0.05, 0.1) is 17.7 Å². The fourth-order valence-corrected chi connectivity index (χ4v) is 3.96. The summed E-state index contributed by atoms with van der Waals surface area (Å²) in [7, 11) is 4.99. The van der Waals surface area contributed by atoms with Crippen LogP contribution in [0.25, 0.3) is 16.2 Å². The molecule has 1 amide bonds. The van der Waals surface area contributed by atoms with Crippen molar-refractivity contribution in [1.82, 2.24) is 14.6 Å². The van der Waals surface area contributed by atoms with Crippen molar-refractivity contribution in [2.24, 2.45) is 0 Å². The molecular weight excluding hydrogens is 420 g/mol. The number of rotatable bonds is 6. The molecular formula is C20H18N6O4S. The molecule has 31 heavy (non-hydrogen) atoms. The van der Waals surface area contributed by atoms with Gasteiger partial charge in [-0.25, -0.2) is 4.52 Å². The van der Waals surface area contributed by atoms with E-state index in [1.165, 1.54) is 29.5 Å². The topological polar surface area (TPSA) is 115 Å². The van der Waals surface area contributed by atoms with Crippen LogP contribution < -0.4 is 15.0 Å². The van der Waals surface area contributed by atoms with Gasteiger partial charge < -0.3 is 9.64 Å². The number of nitrogens with zero attached hydrogens (tertiary/aromatic N) is 5. The molecule has 1 N–H and O–H groups in total. The van der Waals surface area contributed by atoms with E-state index < -0.39 is 10.8 Å². The summed E-state index contributed by atoms with van der Waals surface area (Å²) < 4.78 is 7.04. The Balaban J connectivity index is 1.64. The number of nitro benzene ring substituents is 1. The lowest BCUT2D eigenvalue weighted by Gasteiger charge is -2.13. The van der Waals surface area contributed by atoms with Crippen LogP contribution in [0.4, 0.5) is 17.3 Å². The molecule has 0 spiro atoms. The van der Waals surface area contributed by atoms with Gasteiger partial charge in [-0.3, -0.25) is 20.2 Å². The minimum Gasteiger partial charge on any atom is -0.496 e. The van der Waals surface area contributed by atoms with Crippen LogP contribution in [0, 0.1) is 10.1 Å². The number of carbonyl (C=O) groups is 1. The molecule has 11 heteroatoms. The second-order valence-electron chi connectivity index (χ2n) is 6.76. The van der Waals surface area contributed by atoms with Crippen LogP contribution in [0.2, 0.25) is 0 Å². The molecule has 0 fully saturated rings. The summed E-state index contributed by atoms with van der Waals surface area (Å²) in [5, 5.41) is 20.3. The molecule has 0 saturated carbocycles. The van der Waals surface area contributed by atoms with Gasteiger partial charge in [0.15, 0.2) is 0 Å². The Kier molecular flexibility index (Phi) is 5.26. The molecule has 2 aromatic heterocycles. The molecule has 2 aromatic carbocycles. The van der Waals surface area contributed by atoms with Gasteiger partial charge in [0.1, 0.15) is 11.4 Å². The summed E-state index contributed by atoms with van der Waals surface area (Å²) >= 11 is 1.37. The van der Waals surface area contributed by atoms with Crippen LogP contribution in [0.1, 0.15) is 10.4 Å². The molecule has 4 aromatic rings. The number of anilines is 2. The normalized spacial score (nSPS) is 10.8. The summed E-state index contributed by atoms with van der Waals surface area (Å²) in [4.78, 5) is 30.1. The third kappa shape index (κ3) is 3.78. The lowest BCUT2D eigenvalue weighted by Crippen LogP contribution is -2.15. The highest BCUT2D eigenvalue weighted by atomic mass is 32.1. The number of aromatic nitrogens is 3. The van der Waals surface area contributed by atoms with E-state index in [1.807, 2.05) is 29.6 Å². The van der Waals surface area contributed by atoms with E-state index in [1.54, 1.807) is 30.6 Å². The Morgan fingerprint density at radius 1 is 1.26 bits per heavy atom. The Morgan fingerprint density at radius 3 is 2.74 bits per heavy atom. The van der Waals surface area contributed by atoms with E-state index in [0.29, 0.717) is 16.4 Å². The Bertz CT molecular complexity index is 1300. The molecule has 0 bridgehead atoms. The average molecular weight is 438 g/mol. The molecule has 2 heterocycles. The van der Waals surface area contributed by atoms with Crippen LogP contribution in [0.3, 0.4) is 0 Å². The zero-order chi connectivity index (χ0) is 22.1. The maximum atomic E-state index is 12.7. The fraction of sp³-hybridized carbons (Fsp3) is 0.150. The standard InChI is InChI=1S/C20H18N6O4S/c1-24(2)14-9-8-12(10-15(14)26(28)29)18(27)21-19-22-20-25(23-19)16(11-31-20)13-6-4-5-7-17(13)30-3/h4-11H,1-3H3,(H,21,23,27). The van der Waals surface area contributed by atoms with Crippen molar-refractivity contribution in [3.05, 3.63) is 63.5 Å². The molecule has 0 unspecified atom stereocenters. The second-order valence-corrected chi connectivity index (χ2v) is 7.60. The van der Waals surface area contributed by atoms with Gasteiger partial charge >= 0.3 is 0 Å². The number of ether oxygens (including phenoxy) is 1. The van der Waals surface area contributed by atoms with Crippen molar-refractivity contribution >= 4 is 39.5 Å². The van der Waals surface area contributed by atoms with Crippen molar-refractivity contribution in [2.45, 2.75) is 0 Å². The molecule has 10 nitrogen and oxygen atoms in total. The third-order valence-electron chi connectivity index (χ3n) is 4.61. The first kappa shape index (κ1) is 20.3. The van der Waals surface area contributed by atoms with Crippen molar-refractivity contribution < 1.29 is 14.5 Å². The van der Waals surface area contributed by atoms with E-state index in [0.717, 1.165) is 11.3 Å². The molecule has 0 aliphatic heterocycles. The van der Waals surface area contributed by atoms with Gasteiger partial charge in [-0.05, 0) is 24.3 Å². The number of fused-ring (bicyclic) bond motifs is 1. The minimum absolute atomic E-state index is 0.104. The van der Waals surface area contributed by atoms with Crippen molar-refractivity contribution in [3.8, 4) is 17.0 Å². The summed E-state index contributed by atoms with van der Waals surface area (Å²) in [5.74, 6) is 0.259. The number of para-hydroxylation sites is 1. The van der Waals surface area contributed by atoms with Crippen LogP contribution in [-0.2, 0) is 0 Å². The Hall–Kier alpha value is -3.99. The molecule has 0 aliphatic carbocycles. The van der Waals surface area contributed by atoms with Crippen molar-refractivity contribution in [3.63, 3.8) is 0 Å². The molecule has 0 aliphatic rings. The number of thiazole rings is 1. The van der Waals surface area contributed by atoms with Crippen LogP contribution in [0.5, 0.6) is 5.75 Å². The predicted molar refractivity (Wildman–Crippen MR) is 118 cm³/mol. The highest BCUT2D eigenvalue weighted by Gasteiger charge is 2.20. The van der Waals surface area contributed by atoms with E-state index in [4.69, 9.17) is 4.74 Å². The van der Waals surface area contributed by atoms with Gasteiger partial charge in [0, 0.05) is 36.7 Å². The van der Waals surface area contributed by atoms with Gasteiger partial charge in [-0.2, -0.15) is 4.98 Å². The van der Waals surface area contributed by atoms with Gasteiger partial charge in [0.25, 0.3) is 17.5 Å². The molecule has 0 atom stereocenters.